The summed E-state index contributed by atoms with van der Waals surface area (Å²) in [6.45, 7) is 3.35. The molecule has 0 unspecified atom stereocenters. The van der Waals surface area contributed by atoms with Crippen LogP contribution in [-0.2, 0) is 12.8 Å². The maximum absolute atomic E-state index is 12.8. The lowest BCUT2D eigenvalue weighted by Crippen LogP contribution is -3.00. The van der Waals surface area contributed by atoms with Gasteiger partial charge in [-0.05, 0) is 103 Å². The quantitative estimate of drug-likeness (QED) is 0.108. The second kappa shape index (κ2) is 20.5. The fourth-order valence-corrected chi connectivity index (χ4v) is 5.29. The molecule has 0 saturated heterocycles. The minimum absolute atomic E-state index is 0. The predicted molar refractivity (Wildman–Crippen MR) is 194 cm³/mol. The molecular formula is C41H50Cl2N3O2-. The van der Waals surface area contributed by atoms with Crippen LogP contribution in [0.5, 0.6) is 0 Å². The molecule has 0 saturated carbocycles. The number of quaternary nitrogens is 1. The van der Waals surface area contributed by atoms with Gasteiger partial charge >= 0.3 is 0 Å². The first-order valence-electron chi connectivity index (χ1n) is 16.7. The molecule has 5 nitrogen and oxygen atoms in total. The molecule has 0 aromatic heterocycles. The molecule has 4 rings (SSSR count). The summed E-state index contributed by atoms with van der Waals surface area (Å²) in [5, 5.41) is 5.96. The van der Waals surface area contributed by atoms with E-state index >= 15 is 0 Å². The fraction of sp³-hybridized carbons (Fsp3) is 0.317. The molecule has 0 aliphatic heterocycles. The van der Waals surface area contributed by atoms with Crippen LogP contribution >= 0.6 is 0 Å². The number of carbonyl (C=O) groups is 2. The van der Waals surface area contributed by atoms with E-state index < -0.39 is 0 Å². The number of aryl methyl sites for hydroxylation is 2. The molecule has 0 aliphatic rings. The molecule has 0 bridgehead atoms. The van der Waals surface area contributed by atoms with Crippen LogP contribution in [0.3, 0.4) is 0 Å². The van der Waals surface area contributed by atoms with Crippen LogP contribution in [0.4, 0.5) is 11.4 Å². The number of amides is 2. The van der Waals surface area contributed by atoms with Gasteiger partial charge in [0, 0.05) is 22.5 Å². The van der Waals surface area contributed by atoms with Crippen molar-refractivity contribution in [3.05, 3.63) is 130 Å². The van der Waals surface area contributed by atoms with E-state index in [2.05, 4.69) is 50.8 Å². The predicted octanol–water partition coefficient (Wildman–Crippen LogP) is 3.52. The van der Waals surface area contributed by atoms with Gasteiger partial charge in [-0.1, -0.05) is 86.9 Å². The first kappa shape index (κ1) is 40.3. The third-order valence-electron chi connectivity index (χ3n) is 8.19. The van der Waals surface area contributed by atoms with E-state index in [1.54, 1.807) is 0 Å². The highest BCUT2D eigenvalue weighted by Gasteiger charge is 2.08. The van der Waals surface area contributed by atoms with E-state index in [0.29, 0.717) is 11.1 Å². The molecule has 2 N–H and O–H groups in total. The molecule has 0 spiro atoms. The molecular weight excluding hydrogens is 637 g/mol. The van der Waals surface area contributed by atoms with Gasteiger partial charge in [0.25, 0.3) is 11.8 Å². The Hall–Kier alpha value is -3.90. The van der Waals surface area contributed by atoms with Crippen LogP contribution in [0, 0.1) is 0 Å². The zero-order valence-electron chi connectivity index (χ0n) is 28.8. The Kier molecular flexibility index (Phi) is 17.2. The van der Waals surface area contributed by atoms with Crippen molar-refractivity contribution in [1.29, 1.82) is 0 Å². The van der Waals surface area contributed by atoms with Crippen LogP contribution in [0.2, 0.25) is 0 Å². The summed E-state index contributed by atoms with van der Waals surface area (Å²) in [6, 6.07) is 31.2. The van der Waals surface area contributed by atoms with Gasteiger partial charge < -0.3 is 39.9 Å². The van der Waals surface area contributed by atoms with Gasteiger partial charge in [0.05, 0.1) is 27.7 Å². The normalized spacial score (nSPS) is 11.0. The molecule has 4 aromatic rings. The summed E-state index contributed by atoms with van der Waals surface area (Å²) in [7, 11) is 6.77. The van der Waals surface area contributed by atoms with E-state index in [1.807, 2.05) is 97.1 Å². The second-order valence-corrected chi connectivity index (χ2v) is 13.1. The average molecular weight is 688 g/mol. The molecule has 48 heavy (non-hydrogen) atoms. The van der Waals surface area contributed by atoms with Gasteiger partial charge in [-0.3, -0.25) is 9.59 Å². The van der Waals surface area contributed by atoms with E-state index in [4.69, 9.17) is 0 Å². The van der Waals surface area contributed by atoms with Crippen LogP contribution in [0.25, 0.3) is 12.2 Å². The largest absolute Gasteiger partial charge is 1.00 e. The highest BCUT2D eigenvalue weighted by molar-refractivity contribution is 6.05. The van der Waals surface area contributed by atoms with Crippen molar-refractivity contribution in [3.8, 4) is 0 Å². The number of nitrogens with one attached hydrogen (secondary N) is 2. The Bertz CT molecular complexity index is 1560. The number of halogens is 2. The van der Waals surface area contributed by atoms with Crippen LogP contribution < -0.4 is 35.4 Å². The minimum atomic E-state index is -0.117. The van der Waals surface area contributed by atoms with Crippen molar-refractivity contribution in [1.82, 2.24) is 0 Å². The van der Waals surface area contributed by atoms with E-state index in [-0.39, 0.29) is 36.6 Å². The van der Waals surface area contributed by atoms with Gasteiger partial charge in [-0.2, -0.15) is 0 Å². The number of nitrogens with zero attached hydrogens (tertiary/aromatic N) is 1. The molecule has 0 aliphatic carbocycles. The average Bonchev–Trinajstić information content (AvgIpc) is 3.06. The van der Waals surface area contributed by atoms with Gasteiger partial charge in [-0.25, -0.2) is 0 Å². The highest BCUT2D eigenvalue weighted by Crippen LogP contribution is 2.18. The lowest BCUT2D eigenvalue weighted by Gasteiger charge is -2.23. The van der Waals surface area contributed by atoms with E-state index in [0.717, 1.165) is 39.8 Å². The monoisotopic (exact) mass is 686 g/mol. The summed E-state index contributed by atoms with van der Waals surface area (Å²) in [5.41, 5.74) is 7.37. The summed E-state index contributed by atoms with van der Waals surface area (Å²) in [5.74, 6) is -0.220. The van der Waals surface area contributed by atoms with Gasteiger partial charge in [0.1, 0.15) is 0 Å². The molecule has 0 heterocycles. The lowest BCUT2D eigenvalue weighted by molar-refractivity contribution is -0.870. The topological polar surface area (TPSA) is 58.2 Å². The zero-order valence-corrected chi connectivity index (χ0v) is 30.3. The molecule has 0 radical (unpaired) electrons. The summed E-state index contributed by atoms with van der Waals surface area (Å²) in [4.78, 5) is 25.4. The number of unbranched alkanes of at least 4 members (excludes halogenated alkanes) is 5. The van der Waals surface area contributed by atoms with Crippen molar-refractivity contribution >= 4 is 35.3 Å². The maximum atomic E-state index is 12.8. The number of hydrogen-bond acceptors (Lipinski definition) is 2. The molecule has 4 aromatic carbocycles. The van der Waals surface area contributed by atoms with Crippen molar-refractivity contribution < 1.29 is 38.9 Å². The Morgan fingerprint density at radius 2 is 0.938 bits per heavy atom. The van der Waals surface area contributed by atoms with Crippen molar-refractivity contribution in [2.75, 3.05) is 38.3 Å². The molecule has 256 valence electrons. The van der Waals surface area contributed by atoms with E-state index in [1.165, 1.54) is 56.2 Å². The smallest absolute Gasteiger partial charge is 0.255 e. The standard InChI is InChI=1S/C41H49N3O2.2ClH/c1-5-32-15-23-36(24-16-32)40(45)42-38-27-19-34(20-28-38)13-14-35-21-29-39(30-22-35)43-41(46)37-25-17-33(18-26-37)12-10-8-6-7-9-11-31-44(2,3)4;;/h13-30H,5-12,31H2,1-4H3,(H-,42,43,45,46);2*1H/p-1/b14-13+;;. The third-order valence-corrected chi connectivity index (χ3v) is 8.19. The maximum Gasteiger partial charge on any atom is 0.255 e. The fourth-order valence-electron chi connectivity index (χ4n) is 5.29. The Morgan fingerprint density at radius 3 is 1.35 bits per heavy atom. The Balaban J connectivity index is 0.00000400. The Morgan fingerprint density at radius 1 is 0.542 bits per heavy atom. The summed E-state index contributed by atoms with van der Waals surface area (Å²) < 4.78 is 1.05. The number of benzene rings is 4. The number of hydrogen-bond donors (Lipinski definition) is 2. The lowest BCUT2D eigenvalue weighted by atomic mass is 10.0. The van der Waals surface area contributed by atoms with Crippen LogP contribution in [0.15, 0.2) is 97.1 Å². The second-order valence-electron chi connectivity index (χ2n) is 13.1. The molecule has 0 fully saturated rings. The number of anilines is 2. The number of carbonyl (C=O) groups excluding carboxylic acids is 2. The SMILES string of the molecule is CCc1ccc(C(=O)Nc2ccc(/C=C/c3ccc(NC(=O)c4ccc(CCCCCCCC[N+](C)(C)C)cc4)cc3)cc2)cc1.[Cl-].[Cl-]. The van der Waals surface area contributed by atoms with Crippen LogP contribution in [0.1, 0.15) is 88.4 Å². The van der Waals surface area contributed by atoms with Gasteiger partial charge in [0.15, 0.2) is 0 Å². The summed E-state index contributed by atoms with van der Waals surface area (Å²) in [6.07, 6.45) is 13.8. The van der Waals surface area contributed by atoms with Crippen LogP contribution in [-0.4, -0.2) is 44.0 Å². The Labute approximate surface area is 300 Å². The first-order valence-corrected chi connectivity index (χ1v) is 16.7. The van der Waals surface area contributed by atoms with Crippen molar-refractivity contribution in [2.45, 2.75) is 58.3 Å². The van der Waals surface area contributed by atoms with Gasteiger partial charge in [0.2, 0.25) is 0 Å². The van der Waals surface area contributed by atoms with E-state index in [9.17, 15) is 9.59 Å². The molecule has 0 atom stereocenters. The number of rotatable bonds is 16. The first-order chi connectivity index (χ1) is 22.2. The molecule has 7 heteroatoms. The van der Waals surface area contributed by atoms with Crippen molar-refractivity contribution in [3.63, 3.8) is 0 Å². The zero-order chi connectivity index (χ0) is 32.8. The van der Waals surface area contributed by atoms with Gasteiger partial charge in [-0.15, -0.1) is 0 Å². The summed E-state index contributed by atoms with van der Waals surface area (Å²) >= 11 is 0. The minimum Gasteiger partial charge on any atom is -1.00 e. The molecule has 2 amide bonds. The van der Waals surface area contributed by atoms with Crippen molar-refractivity contribution in [2.24, 2.45) is 0 Å². The highest BCUT2D eigenvalue weighted by atomic mass is 35.5. The third kappa shape index (κ3) is 14.1.